The molecule has 0 saturated carbocycles. The highest BCUT2D eigenvalue weighted by atomic mass is 16.4. The first-order valence-electron chi connectivity index (χ1n) is 4.40. The maximum absolute atomic E-state index is 11.4. The first-order valence-corrected chi connectivity index (χ1v) is 4.40. The van der Waals surface area contributed by atoms with Crippen molar-refractivity contribution >= 4 is 11.2 Å². The van der Waals surface area contributed by atoms with Gasteiger partial charge in [0, 0.05) is 12.7 Å². The highest BCUT2D eigenvalue weighted by molar-refractivity contribution is 5.67. The molecule has 2 N–H and O–H groups in total. The number of hydrogen-bond acceptors (Lipinski definition) is 4. The lowest BCUT2D eigenvalue weighted by atomic mass is 10.3. The third kappa shape index (κ3) is 1.22. The van der Waals surface area contributed by atoms with Gasteiger partial charge in [-0.05, 0) is 19.1 Å². The number of hydrogen-bond donors (Lipinski definition) is 1. The molecule has 1 unspecified atom stereocenters. The van der Waals surface area contributed by atoms with Crippen LogP contribution in [-0.2, 0) is 0 Å². The van der Waals surface area contributed by atoms with E-state index in [0.29, 0.717) is 17.8 Å². The summed E-state index contributed by atoms with van der Waals surface area (Å²) in [6.07, 6.45) is 1.62. The van der Waals surface area contributed by atoms with Crippen LogP contribution in [0, 0.1) is 0 Å². The molecule has 0 saturated heterocycles. The SMILES string of the molecule is CC(CN)n1c(=O)oc2cccnc21. The van der Waals surface area contributed by atoms with E-state index < -0.39 is 5.76 Å². The van der Waals surface area contributed by atoms with Crippen molar-refractivity contribution in [2.24, 2.45) is 5.73 Å². The van der Waals surface area contributed by atoms with Crippen molar-refractivity contribution in [3.05, 3.63) is 28.9 Å². The summed E-state index contributed by atoms with van der Waals surface area (Å²) in [5, 5.41) is 0. The Morgan fingerprint density at radius 3 is 3.21 bits per heavy atom. The van der Waals surface area contributed by atoms with Gasteiger partial charge in [0.25, 0.3) is 0 Å². The third-order valence-corrected chi connectivity index (χ3v) is 2.15. The van der Waals surface area contributed by atoms with Gasteiger partial charge in [0.2, 0.25) is 0 Å². The van der Waals surface area contributed by atoms with E-state index in [9.17, 15) is 4.79 Å². The average molecular weight is 193 g/mol. The molecule has 0 bridgehead atoms. The molecule has 1 atom stereocenters. The fourth-order valence-electron chi connectivity index (χ4n) is 1.37. The maximum Gasteiger partial charge on any atom is 0.421 e. The molecular formula is C9H11N3O2. The summed E-state index contributed by atoms with van der Waals surface area (Å²) in [6.45, 7) is 2.23. The number of fused-ring (bicyclic) bond motifs is 1. The summed E-state index contributed by atoms with van der Waals surface area (Å²) < 4.78 is 6.48. The van der Waals surface area contributed by atoms with Crippen LogP contribution in [0.15, 0.2) is 27.5 Å². The number of pyridine rings is 1. The van der Waals surface area contributed by atoms with Crippen molar-refractivity contribution in [2.75, 3.05) is 6.54 Å². The monoisotopic (exact) mass is 193 g/mol. The van der Waals surface area contributed by atoms with E-state index >= 15 is 0 Å². The first kappa shape index (κ1) is 8.96. The number of oxazole rings is 1. The van der Waals surface area contributed by atoms with Crippen LogP contribution in [0.3, 0.4) is 0 Å². The van der Waals surface area contributed by atoms with E-state index in [-0.39, 0.29) is 6.04 Å². The van der Waals surface area contributed by atoms with E-state index in [1.807, 2.05) is 6.92 Å². The van der Waals surface area contributed by atoms with Crippen LogP contribution in [0.5, 0.6) is 0 Å². The number of nitrogens with two attached hydrogens (primary N) is 1. The van der Waals surface area contributed by atoms with Gasteiger partial charge >= 0.3 is 5.76 Å². The summed E-state index contributed by atoms with van der Waals surface area (Å²) in [5.41, 5.74) is 6.54. The lowest BCUT2D eigenvalue weighted by Gasteiger charge is -2.07. The zero-order valence-electron chi connectivity index (χ0n) is 7.80. The van der Waals surface area contributed by atoms with Crippen molar-refractivity contribution in [2.45, 2.75) is 13.0 Å². The quantitative estimate of drug-likeness (QED) is 0.754. The highest BCUT2D eigenvalue weighted by Gasteiger charge is 2.13. The van der Waals surface area contributed by atoms with Gasteiger partial charge in [-0.15, -0.1) is 0 Å². The second-order valence-corrected chi connectivity index (χ2v) is 3.15. The number of aromatic nitrogens is 2. The zero-order chi connectivity index (χ0) is 10.1. The molecule has 0 aromatic carbocycles. The molecule has 14 heavy (non-hydrogen) atoms. The molecule has 0 amide bonds. The molecule has 74 valence electrons. The Morgan fingerprint density at radius 2 is 2.50 bits per heavy atom. The maximum atomic E-state index is 11.4. The van der Waals surface area contributed by atoms with Crippen LogP contribution < -0.4 is 11.5 Å². The Labute approximate surface area is 80.2 Å². The molecule has 0 aliphatic carbocycles. The van der Waals surface area contributed by atoms with Gasteiger partial charge < -0.3 is 10.2 Å². The minimum absolute atomic E-state index is 0.0985. The molecule has 5 nitrogen and oxygen atoms in total. The molecule has 0 spiro atoms. The summed E-state index contributed by atoms with van der Waals surface area (Å²) in [7, 11) is 0. The Bertz CT molecular complexity index is 500. The van der Waals surface area contributed by atoms with E-state index in [0.717, 1.165) is 0 Å². The molecule has 0 fully saturated rings. The topological polar surface area (TPSA) is 74.0 Å². The molecule has 2 heterocycles. The average Bonchev–Trinajstić information content (AvgIpc) is 2.53. The zero-order valence-corrected chi connectivity index (χ0v) is 7.80. The fourth-order valence-corrected chi connectivity index (χ4v) is 1.37. The Kier molecular flexibility index (Phi) is 2.09. The van der Waals surface area contributed by atoms with Crippen molar-refractivity contribution in [3.63, 3.8) is 0 Å². The largest absolute Gasteiger partial charge is 0.421 e. The highest BCUT2D eigenvalue weighted by Crippen LogP contribution is 2.12. The normalized spacial score (nSPS) is 13.3. The van der Waals surface area contributed by atoms with Crippen molar-refractivity contribution in [3.8, 4) is 0 Å². The summed E-state index contributed by atoms with van der Waals surface area (Å²) in [5.74, 6) is -0.406. The molecule has 2 aromatic heterocycles. The summed E-state index contributed by atoms with van der Waals surface area (Å²) >= 11 is 0. The lowest BCUT2D eigenvalue weighted by Crippen LogP contribution is -2.24. The van der Waals surface area contributed by atoms with Gasteiger partial charge in [-0.25, -0.2) is 9.78 Å². The molecule has 2 aromatic rings. The molecule has 0 aliphatic rings. The molecule has 5 heteroatoms. The standard InChI is InChI=1S/C9H11N3O2/c1-6(5-10)12-8-7(14-9(12)13)3-2-4-11-8/h2-4,6H,5,10H2,1H3. The van der Waals surface area contributed by atoms with Crippen LogP contribution in [0.1, 0.15) is 13.0 Å². The molecule has 2 rings (SSSR count). The Balaban J connectivity index is 2.74. The van der Waals surface area contributed by atoms with Gasteiger partial charge in [0.05, 0.1) is 6.04 Å². The van der Waals surface area contributed by atoms with Crippen LogP contribution in [0.2, 0.25) is 0 Å². The van der Waals surface area contributed by atoms with E-state index in [1.54, 1.807) is 18.3 Å². The van der Waals surface area contributed by atoms with Crippen LogP contribution in [0.25, 0.3) is 11.2 Å². The number of rotatable bonds is 2. The summed E-state index contributed by atoms with van der Waals surface area (Å²) in [6, 6.07) is 3.34. The lowest BCUT2D eigenvalue weighted by molar-refractivity contribution is 0.464. The van der Waals surface area contributed by atoms with Gasteiger partial charge in [0.1, 0.15) is 0 Å². The van der Waals surface area contributed by atoms with Gasteiger partial charge in [-0.2, -0.15) is 0 Å². The molecule has 0 aliphatic heterocycles. The number of nitrogens with zero attached hydrogens (tertiary/aromatic N) is 2. The summed E-state index contributed by atoms with van der Waals surface area (Å²) in [4.78, 5) is 15.5. The molecular weight excluding hydrogens is 182 g/mol. The smallest absolute Gasteiger partial charge is 0.406 e. The van der Waals surface area contributed by atoms with Crippen molar-refractivity contribution in [1.82, 2.24) is 9.55 Å². The van der Waals surface area contributed by atoms with Gasteiger partial charge in [-0.3, -0.25) is 4.57 Å². The predicted octanol–water partition coefficient (Wildman–Crippen LogP) is 0.509. The Hall–Kier alpha value is -1.62. The van der Waals surface area contributed by atoms with E-state index in [2.05, 4.69) is 4.98 Å². The predicted molar refractivity (Wildman–Crippen MR) is 52.0 cm³/mol. The van der Waals surface area contributed by atoms with E-state index in [1.165, 1.54) is 4.57 Å². The molecule has 0 radical (unpaired) electrons. The second-order valence-electron chi connectivity index (χ2n) is 3.15. The van der Waals surface area contributed by atoms with Crippen LogP contribution >= 0.6 is 0 Å². The fraction of sp³-hybridized carbons (Fsp3) is 0.333. The van der Waals surface area contributed by atoms with Crippen molar-refractivity contribution in [1.29, 1.82) is 0 Å². The Morgan fingerprint density at radius 1 is 1.71 bits per heavy atom. The van der Waals surface area contributed by atoms with Crippen LogP contribution in [0.4, 0.5) is 0 Å². The van der Waals surface area contributed by atoms with Gasteiger partial charge in [0.15, 0.2) is 11.2 Å². The van der Waals surface area contributed by atoms with Crippen LogP contribution in [-0.4, -0.2) is 16.1 Å². The van der Waals surface area contributed by atoms with Crippen molar-refractivity contribution < 1.29 is 4.42 Å². The first-order chi connectivity index (χ1) is 6.74. The van der Waals surface area contributed by atoms with Gasteiger partial charge in [-0.1, -0.05) is 0 Å². The third-order valence-electron chi connectivity index (χ3n) is 2.15. The van der Waals surface area contributed by atoms with E-state index in [4.69, 9.17) is 10.2 Å². The minimum Gasteiger partial charge on any atom is -0.406 e. The minimum atomic E-state index is -0.406. The second kappa shape index (κ2) is 3.26.